The fourth-order valence-corrected chi connectivity index (χ4v) is 2.91. The molecule has 0 aliphatic rings. The van der Waals surface area contributed by atoms with Gasteiger partial charge in [0.15, 0.2) is 0 Å². The molecule has 2 aromatic rings. The third kappa shape index (κ3) is 3.20. The summed E-state index contributed by atoms with van der Waals surface area (Å²) in [6, 6.07) is 6.77. The third-order valence-corrected chi connectivity index (χ3v) is 4.21. The zero-order valence-electron chi connectivity index (χ0n) is 11.7. The minimum Gasteiger partial charge on any atom is -0.301 e. The number of nitrogens with one attached hydrogen (secondary N) is 1. The van der Waals surface area contributed by atoms with Crippen LogP contribution in [0.5, 0.6) is 0 Å². The lowest BCUT2D eigenvalue weighted by Gasteiger charge is -2.18. The minimum atomic E-state index is -0.342. The summed E-state index contributed by atoms with van der Waals surface area (Å²) in [6.45, 7) is 5.96. The number of hydrogen-bond donors (Lipinski definition) is 1. The predicted molar refractivity (Wildman–Crippen MR) is 79.9 cm³/mol. The molecule has 0 amide bonds. The van der Waals surface area contributed by atoms with Crippen molar-refractivity contribution in [2.45, 2.75) is 32.9 Å². The van der Waals surface area contributed by atoms with Gasteiger partial charge in [0.1, 0.15) is 5.01 Å². The molecule has 20 heavy (non-hydrogen) atoms. The van der Waals surface area contributed by atoms with Gasteiger partial charge in [-0.2, -0.15) is 0 Å². The van der Waals surface area contributed by atoms with E-state index < -0.39 is 0 Å². The van der Waals surface area contributed by atoms with Gasteiger partial charge in [-0.05, 0) is 20.8 Å². The molecule has 0 fully saturated rings. The van der Waals surface area contributed by atoms with E-state index in [2.05, 4.69) is 10.3 Å². The quantitative estimate of drug-likeness (QED) is 0.672. The molecule has 1 aromatic carbocycles. The largest absolute Gasteiger partial charge is 0.301 e. The highest BCUT2D eigenvalue weighted by molar-refractivity contribution is 7.11. The second-order valence-corrected chi connectivity index (χ2v) is 6.00. The average Bonchev–Trinajstić information content (AvgIpc) is 2.85. The minimum absolute atomic E-state index is 0.0588. The first-order valence-electron chi connectivity index (χ1n) is 6.40. The molecule has 0 radical (unpaired) electrons. The van der Waals surface area contributed by atoms with Crippen molar-refractivity contribution in [1.29, 1.82) is 0 Å². The Balaban J connectivity index is 2.16. The van der Waals surface area contributed by atoms with Crippen LogP contribution in [0.15, 0.2) is 30.5 Å². The summed E-state index contributed by atoms with van der Waals surface area (Å²) in [5, 5.41) is 15.4. The highest BCUT2D eigenvalue weighted by Gasteiger charge is 2.20. The number of aryl methyl sites for hydroxylation is 1. The Morgan fingerprint density at radius 3 is 2.60 bits per heavy atom. The monoisotopic (exact) mass is 291 g/mol. The lowest BCUT2D eigenvalue weighted by molar-refractivity contribution is -0.385. The Morgan fingerprint density at radius 1 is 1.30 bits per heavy atom. The Bertz CT molecular complexity index is 612. The van der Waals surface area contributed by atoms with E-state index >= 15 is 0 Å². The summed E-state index contributed by atoms with van der Waals surface area (Å²) in [7, 11) is 0. The van der Waals surface area contributed by atoms with E-state index in [9.17, 15) is 10.1 Å². The second kappa shape index (κ2) is 6.11. The molecule has 5 nitrogen and oxygen atoms in total. The Kier molecular flexibility index (Phi) is 4.46. The Hall–Kier alpha value is -1.79. The van der Waals surface area contributed by atoms with Crippen LogP contribution < -0.4 is 5.32 Å². The molecule has 1 N–H and O–H groups in total. The molecule has 1 heterocycles. The molecule has 0 aliphatic carbocycles. The molecule has 0 saturated heterocycles. The molecule has 6 heteroatoms. The number of rotatable bonds is 5. The molecule has 0 spiro atoms. The van der Waals surface area contributed by atoms with Crippen molar-refractivity contribution in [3.05, 3.63) is 56.0 Å². The van der Waals surface area contributed by atoms with Crippen molar-refractivity contribution in [2.75, 3.05) is 0 Å². The van der Waals surface area contributed by atoms with Gasteiger partial charge in [0, 0.05) is 28.7 Å². The maximum absolute atomic E-state index is 11.1. The van der Waals surface area contributed by atoms with Crippen LogP contribution in [0.1, 0.15) is 41.4 Å². The molecule has 2 atom stereocenters. The summed E-state index contributed by atoms with van der Waals surface area (Å²) in [4.78, 5) is 16.2. The molecule has 0 aliphatic heterocycles. The average molecular weight is 291 g/mol. The summed E-state index contributed by atoms with van der Waals surface area (Å²) in [5.41, 5.74) is 0.840. The summed E-state index contributed by atoms with van der Waals surface area (Å²) in [5.74, 6) is 0. The lowest BCUT2D eigenvalue weighted by Crippen LogP contribution is -2.23. The van der Waals surface area contributed by atoms with Crippen LogP contribution in [0.25, 0.3) is 0 Å². The number of aromatic nitrogens is 1. The summed E-state index contributed by atoms with van der Waals surface area (Å²) in [6.07, 6.45) is 1.84. The molecular weight excluding hydrogens is 274 g/mol. The first-order chi connectivity index (χ1) is 9.49. The van der Waals surface area contributed by atoms with Crippen LogP contribution in [0.3, 0.4) is 0 Å². The van der Waals surface area contributed by atoms with Crippen molar-refractivity contribution >= 4 is 17.0 Å². The third-order valence-electron chi connectivity index (χ3n) is 3.11. The van der Waals surface area contributed by atoms with Gasteiger partial charge in [0.05, 0.1) is 11.0 Å². The van der Waals surface area contributed by atoms with Crippen molar-refractivity contribution in [2.24, 2.45) is 0 Å². The van der Waals surface area contributed by atoms with E-state index in [1.54, 1.807) is 23.5 Å². The smallest absolute Gasteiger partial charge is 0.274 e. The van der Waals surface area contributed by atoms with Crippen LogP contribution in [0.4, 0.5) is 5.69 Å². The predicted octanol–water partition coefficient (Wildman–Crippen LogP) is 3.77. The maximum atomic E-state index is 11.1. The number of para-hydroxylation sites is 1. The van der Waals surface area contributed by atoms with Crippen LogP contribution in [0.2, 0.25) is 0 Å². The van der Waals surface area contributed by atoms with Gasteiger partial charge in [-0.25, -0.2) is 4.98 Å². The lowest BCUT2D eigenvalue weighted by atomic mass is 10.1. The van der Waals surface area contributed by atoms with Gasteiger partial charge in [0.2, 0.25) is 0 Å². The molecule has 106 valence electrons. The van der Waals surface area contributed by atoms with Crippen LogP contribution in [-0.4, -0.2) is 9.91 Å². The van der Waals surface area contributed by atoms with Gasteiger partial charge in [0.25, 0.3) is 5.69 Å². The van der Waals surface area contributed by atoms with Crippen LogP contribution in [0, 0.1) is 17.0 Å². The van der Waals surface area contributed by atoms with Gasteiger partial charge in [-0.15, -0.1) is 11.3 Å². The number of nitro groups is 1. The van der Waals surface area contributed by atoms with E-state index in [1.807, 2.05) is 33.0 Å². The number of nitro benzene ring substituents is 1. The van der Waals surface area contributed by atoms with Gasteiger partial charge >= 0.3 is 0 Å². The molecular formula is C14H17N3O2S. The van der Waals surface area contributed by atoms with E-state index in [-0.39, 0.29) is 22.7 Å². The first-order valence-corrected chi connectivity index (χ1v) is 7.22. The summed E-state index contributed by atoms with van der Waals surface area (Å²) >= 11 is 1.64. The Morgan fingerprint density at radius 2 is 2.00 bits per heavy atom. The zero-order valence-corrected chi connectivity index (χ0v) is 12.5. The van der Waals surface area contributed by atoms with E-state index in [4.69, 9.17) is 0 Å². The zero-order chi connectivity index (χ0) is 14.7. The standard InChI is InChI=1S/C14H17N3O2S/c1-9-8-15-14(20-9)11(3)16-10(2)12-6-4-5-7-13(12)17(18)19/h4-8,10-11,16H,1-3H3. The molecule has 1 aromatic heterocycles. The van der Waals surface area contributed by atoms with Crippen LogP contribution >= 0.6 is 11.3 Å². The van der Waals surface area contributed by atoms with Crippen LogP contribution in [-0.2, 0) is 0 Å². The van der Waals surface area contributed by atoms with E-state index in [0.29, 0.717) is 5.56 Å². The molecule has 0 saturated carbocycles. The topological polar surface area (TPSA) is 68.1 Å². The van der Waals surface area contributed by atoms with Crippen molar-refractivity contribution < 1.29 is 4.92 Å². The molecule has 2 unspecified atom stereocenters. The fraction of sp³-hybridized carbons (Fsp3) is 0.357. The van der Waals surface area contributed by atoms with Crippen molar-refractivity contribution in [3.8, 4) is 0 Å². The summed E-state index contributed by atoms with van der Waals surface area (Å²) < 4.78 is 0. The van der Waals surface area contributed by atoms with Gasteiger partial charge in [-0.3, -0.25) is 10.1 Å². The SMILES string of the molecule is Cc1cnc(C(C)NC(C)c2ccccc2[N+](=O)[O-])s1. The van der Waals surface area contributed by atoms with Gasteiger partial charge in [-0.1, -0.05) is 18.2 Å². The number of nitrogens with zero attached hydrogens (tertiary/aromatic N) is 2. The fourth-order valence-electron chi connectivity index (χ4n) is 2.13. The maximum Gasteiger partial charge on any atom is 0.274 e. The normalized spacial score (nSPS) is 13.9. The van der Waals surface area contributed by atoms with Gasteiger partial charge < -0.3 is 5.32 Å². The van der Waals surface area contributed by atoms with E-state index in [1.165, 1.54) is 6.07 Å². The number of thiazole rings is 1. The second-order valence-electron chi connectivity index (χ2n) is 4.74. The van der Waals surface area contributed by atoms with Crippen molar-refractivity contribution in [1.82, 2.24) is 10.3 Å². The number of benzene rings is 1. The Labute approximate surface area is 121 Å². The van der Waals surface area contributed by atoms with E-state index in [0.717, 1.165) is 9.88 Å². The number of hydrogen-bond acceptors (Lipinski definition) is 5. The highest BCUT2D eigenvalue weighted by Crippen LogP contribution is 2.27. The van der Waals surface area contributed by atoms with Crippen molar-refractivity contribution in [3.63, 3.8) is 0 Å². The highest BCUT2D eigenvalue weighted by atomic mass is 32.1. The molecule has 2 rings (SSSR count). The molecule has 0 bridgehead atoms. The first kappa shape index (κ1) is 14.6.